The first kappa shape index (κ1) is 16.3. The first-order chi connectivity index (χ1) is 9.19. The van der Waals surface area contributed by atoms with Crippen LogP contribution in [0.2, 0.25) is 0 Å². The third kappa shape index (κ3) is 5.46. The zero-order valence-corrected chi connectivity index (χ0v) is 12.1. The minimum absolute atomic E-state index is 0.0496. The van der Waals surface area contributed by atoms with Gasteiger partial charge in [-0.15, -0.1) is 0 Å². The summed E-state index contributed by atoms with van der Waals surface area (Å²) in [6.07, 6.45) is 0.573. The number of carboxylic acid groups (broad SMARTS) is 1. The van der Waals surface area contributed by atoms with E-state index in [9.17, 15) is 14.4 Å². The van der Waals surface area contributed by atoms with Crippen molar-refractivity contribution in [2.45, 2.75) is 51.7 Å². The van der Waals surface area contributed by atoms with Crippen molar-refractivity contribution in [3.63, 3.8) is 0 Å². The predicted molar refractivity (Wildman–Crippen MR) is 71.1 cm³/mol. The van der Waals surface area contributed by atoms with E-state index in [1.165, 1.54) is 0 Å². The smallest absolute Gasteiger partial charge is 0.408 e. The molecule has 0 spiro atoms. The van der Waals surface area contributed by atoms with Gasteiger partial charge in [-0.1, -0.05) is 0 Å². The molecule has 2 atom stereocenters. The second-order valence-corrected chi connectivity index (χ2v) is 5.89. The fourth-order valence-corrected chi connectivity index (χ4v) is 2.00. The molecule has 7 nitrogen and oxygen atoms in total. The topological polar surface area (TPSA) is 105 Å². The molecule has 0 radical (unpaired) electrons. The van der Waals surface area contributed by atoms with Gasteiger partial charge in [0.05, 0.1) is 0 Å². The number of hydrogen-bond donors (Lipinski definition) is 3. The lowest BCUT2D eigenvalue weighted by Gasteiger charge is -2.22. The number of nitrogens with one attached hydrogen (secondary N) is 2. The Morgan fingerprint density at radius 2 is 2.15 bits per heavy atom. The van der Waals surface area contributed by atoms with Crippen molar-refractivity contribution in [3.05, 3.63) is 0 Å². The van der Waals surface area contributed by atoms with Gasteiger partial charge in [-0.3, -0.25) is 4.79 Å². The van der Waals surface area contributed by atoms with Gasteiger partial charge in [0.25, 0.3) is 0 Å². The summed E-state index contributed by atoms with van der Waals surface area (Å²) in [5.41, 5.74) is -0.682. The van der Waals surface area contributed by atoms with E-state index in [0.717, 1.165) is 0 Å². The predicted octanol–water partition coefficient (Wildman–Crippen LogP) is 0.881. The van der Waals surface area contributed by atoms with E-state index in [4.69, 9.17) is 9.84 Å². The second kappa shape index (κ2) is 6.58. The fourth-order valence-electron chi connectivity index (χ4n) is 2.00. The lowest BCUT2D eigenvalue weighted by atomic mass is 9.98. The van der Waals surface area contributed by atoms with Crippen molar-refractivity contribution in [2.24, 2.45) is 5.92 Å². The SMILES string of the molecule is CC(C)(C)OC(=O)N[C@@H](CC[C@H]1CCNC1=O)C(=O)O. The van der Waals surface area contributed by atoms with Crippen molar-refractivity contribution in [1.29, 1.82) is 0 Å². The molecular formula is C13H22N2O5. The Labute approximate surface area is 118 Å². The zero-order chi connectivity index (χ0) is 15.3. The number of carbonyl (C=O) groups excluding carboxylic acids is 2. The molecule has 0 bridgehead atoms. The van der Waals surface area contributed by atoms with Gasteiger partial charge in [0, 0.05) is 12.5 Å². The number of hydrogen-bond acceptors (Lipinski definition) is 4. The molecule has 1 rings (SSSR count). The summed E-state index contributed by atoms with van der Waals surface area (Å²) in [6, 6.07) is -1.04. The van der Waals surface area contributed by atoms with Crippen LogP contribution in [-0.2, 0) is 14.3 Å². The number of aliphatic carboxylic acids is 1. The molecule has 0 unspecified atom stereocenters. The average Bonchev–Trinajstić information content (AvgIpc) is 2.67. The van der Waals surface area contributed by atoms with E-state index in [1.54, 1.807) is 20.8 Å². The van der Waals surface area contributed by atoms with E-state index >= 15 is 0 Å². The monoisotopic (exact) mass is 286 g/mol. The normalized spacial score (nSPS) is 20.1. The van der Waals surface area contributed by atoms with Crippen molar-refractivity contribution in [2.75, 3.05) is 6.54 Å². The molecule has 0 saturated carbocycles. The van der Waals surface area contributed by atoms with Crippen molar-refractivity contribution >= 4 is 18.0 Å². The molecule has 1 fully saturated rings. The largest absolute Gasteiger partial charge is 0.480 e. The highest BCUT2D eigenvalue weighted by molar-refractivity contribution is 5.81. The first-order valence-electron chi connectivity index (χ1n) is 6.69. The Kier molecular flexibility index (Phi) is 5.35. The molecule has 0 aliphatic carbocycles. The number of carbonyl (C=O) groups is 3. The Hall–Kier alpha value is -1.79. The van der Waals surface area contributed by atoms with Gasteiger partial charge in [0.1, 0.15) is 11.6 Å². The van der Waals surface area contributed by atoms with Gasteiger partial charge in [0.15, 0.2) is 0 Å². The highest BCUT2D eigenvalue weighted by atomic mass is 16.6. The molecule has 7 heteroatoms. The minimum atomic E-state index is -1.13. The number of rotatable bonds is 5. The molecule has 3 N–H and O–H groups in total. The van der Waals surface area contributed by atoms with Gasteiger partial charge < -0.3 is 20.5 Å². The van der Waals surface area contributed by atoms with E-state index in [2.05, 4.69) is 10.6 Å². The summed E-state index contributed by atoms with van der Waals surface area (Å²) < 4.78 is 5.02. The van der Waals surface area contributed by atoms with Crippen molar-refractivity contribution < 1.29 is 24.2 Å². The standard InChI is InChI=1S/C13H22N2O5/c1-13(2,3)20-12(19)15-9(11(17)18)5-4-8-6-7-14-10(8)16/h8-9H,4-7H2,1-3H3,(H,14,16)(H,15,19)(H,17,18)/t8-,9-/m0/s1. The molecule has 20 heavy (non-hydrogen) atoms. The Balaban J connectivity index is 2.46. The minimum Gasteiger partial charge on any atom is -0.480 e. The van der Waals surface area contributed by atoms with Gasteiger partial charge in [0.2, 0.25) is 5.91 Å². The third-order valence-corrected chi connectivity index (χ3v) is 2.96. The molecule has 0 aromatic rings. The van der Waals surface area contributed by atoms with Crippen LogP contribution in [0.3, 0.4) is 0 Å². The zero-order valence-electron chi connectivity index (χ0n) is 12.1. The molecule has 1 aliphatic heterocycles. The highest BCUT2D eigenvalue weighted by Crippen LogP contribution is 2.17. The van der Waals surface area contributed by atoms with Crippen LogP contribution in [0.15, 0.2) is 0 Å². The molecule has 1 heterocycles. The second-order valence-electron chi connectivity index (χ2n) is 5.89. The molecule has 114 valence electrons. The molecule has 0 aromatic heterocycles. The van der Waals surface area contributed by atoms with Crippen molar-refractivity contribution in [1.82, 2.24) is 10.6 Å². The van der Waals surface area contributed by atoms with Crippen LogP contribution in [0.5, 0.6) is 0 Å². The van der Waals surface area contributed by atoms with E-state index in [-0.39, 0.29) is 18.2 Å². The van der Waals surface area contributed by atoms with Gasteiger partial charge >= 0.3 is 12.1 Å². The summed E-state index contributed by atoms with van der Waals surface area (Å²) >= 11 is 0. The molecule has 0 aromatic carbocycles. The average molecular weight is 286 g/mol. The van der Waals surface area contributed by atoms with Crippen LogP contribution < -0.4 is 10.6 Å². The number of amides is 2. The van der Waals surface area contributed by atoms with Crippen LogP contribution in [0.4, 0.5) is 4.79 Å². The fraction of sp³-hybridized carbons (Fsp3) is 0.769. The van der Waals surface area contributed by atoms with Gasteiger partial charge in [-0.2, -0.15) is 0 Å². The summed E-state index contributed by atoms with van der Waals surface area (Å²) in [4.78, 5) is 34.1. The quantitative estimate of drug-likeness (QED) is 0.696. The third-order valence-electron chi connectivity index (χ3n) is 2.96. The van der Waals surface area contributed by atoms with E-state index in [1.807, 2.05) is 0 Å². The number of carboxylic acids is 1. The molecule has 2 amide bonds. The summed E-state index contributed by atoms with van der Waals surface area (Å²) in [5.74, 6) is -1.35. The summed E-state index contributed by atoms with van der Waals surface area (Å²) in [7, 11) is 0. The molecule has 1 aliphatic rings. The maximum absolute atomic E-state index is 11.6. The van der Waals surface area contributed by atoms with Crippen LogP contribution in [0.25, 0.3) is 0 Å². The van der Waals surface area contributed by atoms with E-state index < -0.39 is 23.7 Å². The van der Waals surface area contributed by atoms with Crippen LogP contribution >= 0.6 is 0 Å². The Morgan fingerprint density at radius 3 is 2.60 bits per heavy atom. The highest BCUT2D eigenvalue weighted by Gasteiger charge is 2.28. The lowest BCUT2D eigenvalue weighted by molar-refractivity contribution is -0.140. The van der Waals surface area contributed by atoms with Gasteiger partial charge in [-0.05, 0) is 40.0 Å². The molecule has 1 saturated heterocycles. The van der Waals surface area contributed by atoms with Crippen molar-refractivity contribution in [3.8, 4) is 0 Å². The molecular weight excluding hydrogens is 264 g/mol. The summed E-state index contributed by atoms with van der Waals surface area (Å²) in [6.45, 7) is 5.72. The number of ether oxygens (including phenoxy) is 1. The Bertz CT molecular complexity index is 389. The maximum atomic E-state index is 11.6. The van der Waals surface area contributed by atoms with Crippen LogP contribution in [-0.4, -0.2) is 41.3 Å². The lowest BCUT2D eigenvalue weighted by Crippen LogP contribution is -2.43. The van der Waals surface area contributed by atoms with Crippen LogP contribution in [0, 0.1) is 5.92 Å². The number of alkyl carbamates (subject to hydrolysis) is 1. The maximum Gasteiger partial charge on any atom is 0.408 e. The van der Waals surface area contributed by atoms with Crippen LogP contribution in [0.1, 0.15) is 40.0 Å². The van der Waals surface area contributed by atoms with E-state index in [0.29, 0.717) is 19.4 Å². The van der Waals surface area contributed by atoms with Gasteiger partial charge in [-0.25, -0.2) is 9.59 Å². The Morgan fingerprint density at radius 1 is 1.50 bits per heavy atom. The first-order valence-corrected chi connectivity index (χ1v) is 6.69. The summed E-state index contributed by atoms with van der Waals surface area (Å²) in [5, 5.41) is 14.1.